The lowest BCUT2D eigenvalue weighted by atomic mass is 9.83. The zero-order chi connectivity index (χ0) is 13.0. The second-order valence-electron chi connectivity index (χ2n) is 6.57. The number of hydrogen-bond acceptors (Lipinski definition) is 2. The van der Waals surface area contributed by atoms with Crippen molar-refractivity contribution in [1.82, 2.24) is 10.2 Å². The molecule has 2 atom stereocenters. The molecular formula is C16H32N2. The fraction of sp³-hybridized carbons (Fsp3) is 1.00. The lowest BCUT2D eigenvalue weighted by Gasteiger charge is -2.42. The molecule has 2 rings (SSSR count). The zero-order valence-corrected chi connectivity index (χ0v) is 12.7. The molecule has 0 spiro atoms. The van der Waals surface area contributed by atoms with E-state index in [9.17, 15) is 0 Å². The molecule has 0 aromatic carbocycles. The summed E-state index contributed by atoms with van der Waals surface area (Å²) in [5.41, 5.74) is 0.383. The molecule has 2 unspecified atom stereocenters. The van der Waals surface area contributed by atoms with E-state index in [4.69, 9.17) is 0 Å². The highest BCUT2D eigenvalue weighted by Gasteiger charge is 2.35. The molecule has 2 fully saturated rings. The highest BCUT2D eigenvalue weighted by molar-refractivity contribution is 4.94. The van der Waals surface area contributed by atoms with E-state index < -0.39 is 0 Å². The van der Waals surface area contributed by atoms with E-state index in [1.54, 1.807) is 0 Å². The molecule has 2 heteroatoms. The van der Waals surface area contributed by atoms with Crippen molar-refractivity contribution < 1.29 is 0 Å². The minimum Gasteiger partial charge on any atom is -0.310 e. The van der Waals surface area contributed by atoms with Crippen molar-refractivity contribution in [2.24, 2.45) is 5.92 Å². The molecule has 0 radical (unpaired) electrons. The predicted molar refractivity (Wildman–Crippen MR) is 78.9 cm³/mol. The van der Waals surface area contributed by atoms with Gasteiger partial charge in [0.25, 0.3) is 0 Å². The Kier molecular flexibility index (Phi) is 5.08. The molecule has 0 aromatic rings. The fourth-order valence-corrected chi connectivity index (χ4v) is 4.01. The van der Waals surface area contributed by atoms with Gasteiger partial charge in [-0.15, -0.1) is 0 Å². The molecule has 2 aliphatic rings. The largest absolute Gasteiger partial charge is 0.310 e. The summed E-state index contributed by atoms with van der Waals surface area (Å²) in [5, 5.41) is 3.84. The minimum atomic E-state index is 0.383. The first-order valence-electron chi connectivity index (χ1n) is 8.20. The predicted octanol–water partition coefficient (Wildman–Crippen LogP) is 3.42. The normalized spacial score (nSPS) is 34.2. The number of nitrogens with zero attached hydrogens (tertiary/aromatic N) is 1. The summed E-state index contributed by atoms with van der Waals surface area (Å²) in [6, 6.07) is 0.858. The molecule has 1 aliphatic carbocycles. The summed E-state index contributed by atoms with van der Waals surface area (Å²) >= 11 is 0. The third-order valence-corrected chi connectivity index (χ3v) is 5.52. The summed E-state index contributed by atoms with van der Waals surface area (Å²) in [6.45, 7) is 11.0. The first-order valence-corrected chi connectivity index (χ1v) is 8.20. The standard InChI is InChI=1S/C16H32N2/c1-4-16(5-2)13-18(12-8-11-17-16)15-10-7-6-9-14(15)3/h14-15,17H,4-13H2,1-3H3. The summed E-state index contributed by atoms with van der Waals surface area (Å²) < 4.78 is 0. The van der Waals surface area contributed by atoms with Crippen LogP contribution in [-0.2, 0) is 0 Å². The molecule has 1 saturated heterocycles. The summed E-state index contributed by atoms with van der Waals surface area (Å²) in [5.74, 6) is 0.906. The number of nitrogens with one attached hydrogen (secondary N) is 1. The van der Waals surface area contributed by atoms with Crippen LogP contribution in [0.3, 0.4) is 0 Å². The Morgan fingerprint density at radius 1 is 1.11 bits per heavy atom. The second kappa shape index (κ2) is 6.38. The van der Waals surface area contributed by atoms with Gasteiger partial charge in [0.1, 0.15) is 0 Å². The second-order valence-corrected chi connectivity index (χ2v) is 6.57. The molecule has 106 valence electrons. The molecule has 0 amide bonds. The number of rotatable bonds is 3. The Bertz CT molecular complexity index is 247. The summed E-state index contributed by atoms with van der Waals surface area (Å²) in [4.78, 5) is 2.83. The maximum absolute atomic E-state index is 3.84. The minimum absolute atomic E-state index is 0.383. The molecule has 1 heterocycles. The van der Waals surface area contributed by atoms with Crippen LogP contribution >= 0.6 is 0 Å². The van der Waals surface area contributed by atoms with Gasteiger partial charge in [0.2, 0.25) is 0 Å². The van der Waals surface area contributed by atoms with Crippen molar-refractivity contribution in [2.75, 3.05) is 19.6 Å². The third-order valence-electron chi connectivity index (χ3n) is 5.52. The summed E-state index contributed by atoms with van der Waals surface area (Å²) in [6.07, 6.45) is 9.64. The van der Waals surface area contributed by atoms with Crippen LogP contribution in [-0.4, -0.2) is 36.1 Å². The Morgan fingerprint density at radius 2 is 1.83 bits per heavy atom. The van der Waals surface area contributed by atoms with Crippen LogP contribution < -0.4 is 5.32 Å². The molecule has 0 aromatic heterocycles. The van der Waals surface area contributed by atoms with Crippen LogP contribution in [0.15, 0.2) is 0 Å². The van der Waals surface area contributed by atoms with E-state index in [-0.39, 0.29) is 0 Å². The smallest absolute Gasteiger partial charge is 0.0303 e. The Labute approximate surface area is 114 Å². The molecule has 18 heavy (non-hydrogen) atoms. The monoisotopic (exact) mass is 252 g/mol. The zero-order valence-electron chi connectivity index (χ0n) is 12.7. The van der Waals surface area contributed by atoms with E-state index in [2.05, 4.69) is 31.0 Å². The molecule has 1 N–H and O–H groups in total. The van der Waals surface area contributed by atoms with Gasteiger partial charge in [-0.25, -0.2) is 0 Å². The topological polar surface area (TPSA) is 15.3 Å². The van der Waals surface area contributed by atoms with Crippen LogP contribution in [0.5, 0.6) is 0 Å². The van der Waals surface area contributed by atoms with Gasteiger partial charge >= 0.3 is 0 Å². The van der Waals surface area contributed by atoms with Gasteiger partial charge in [-0.2, -0.15) is 0 Å². The van der Waals surface area contributed by atoms with Gasteiger partial charge in [-0.3, -0.25) is 4.90 Å². The molecule has 1 aliphatic heterocycles. The van der Waals surface area contributed by atoms with Gasteiger partial charge in [0.05, 0.1) is 0 Å². The van der Waals surface area contributed by atoms with Gasteiger partial charge in [-0.05, 0) is 51.1 Å². The van der Waals surface area contributed by atoms with Gasteiger partial charge in [-0.1, -0.05) is 33.6 Å². The first kappa shape index (κ1) is 14.3. The lowest BCUT2D eigenvalue weighted by molar-refractivity contribution is 0.0872. The maximum atomic E-state index is 3.84. The van der Waals surface area contributed by atoms with Crippen molar-refractivity contribution in [3.8, 4) is 0 Å². The van der Waals surface area contributed by atoms with Crippen LogP contribution in [0.25, 0.3) is 0 Å². The molecular weight excluding hydrogens is 220 g/mol. The Balaban J connectivity index is 2.06. The Hall–Kier alpha value is -0.0800. The molecule has 1 saturated carbocycles. The van der Waals surface area contributed by atoms with Crippen molar-refractivity contribution in [3.05, 3.63) is 0 Å². The third kappa shape index (κ3) is 3.08. The Morgan fingerprint density at radius 3 is 2.50 bits per heavy atom. The number of hydrogen-bond donors (Lipinski definition) is 1. The first-order chi connectivity index (χ1) is 8.71. The fourth-order valence-electron chi connectivity index (χ4n) is 4.01. The van der Waals surface area contributed by atoms with E-state index in [0.717, 1.165) is 12.0 Å². The van der Waals surface area contributed by atoms with Crippen molar-refractivity contribution in [1.29, 1.82) is 0 Å². The van der Waals surface area contributed by atoms with E-state index >= 15 is 0 Å². The van der Waals surface area contributed by atoms with Gasteiger partial charge < -0.3 is 5.32 Å². The maximum Gasteiger partial charge on any atom is 0.0303 e. The van der Waals surface area contributed by atoms with Crippen molar-refractivity contribution in [3.63, 3.8) is 0 Å². The van der Waals surface area contributed by atoms with Crippen molar-refractivity contribution in [2.45, 2.75) is 77.3 Å². The van der Waals surface area contributed by atoms with Crippen LogP contribution in [0, 0.1) is 5.92 Å². The van der Waals surface area contributed by atoms with Gasteiger partial charge in [0.15, 0.2) is 0 Å². The average molecular weight is 252 g/mol. The SMILES string of the molecule is CCC1(CC)CN(C2CCCCC2C)CCCN1. The summed E-state index contributed by atoms with van der Waals surface area (Å²) in [7, 11) is 0. The van der Waals surface area contributed by atoms with Crippen LogP contribution in [0.4, 0.5) is 0 Å². The van der Waals surface area contributed by atoms with E-state index in [1.807, 2.05) is 0 Å². The average Bonchev–Trinajstić information content (AvgIpc) is 2.62. The highest BCUT2D eigenvalue weighted by atomic mass is 15.2. The molecule has 2 nitrogen and oxygen atoms in total. The van der Waals surface area contributed by atoms with Crippen LogP contribution in [0.2, 0.25) is 0 Å². The van der Waals surface area contributed by atoms with E-state index in [0.29, 0.717) is 5.54 Å². The molecule has 0 bridgehead atoms. The van der Waals surface area contributed by atoms with Gasteiger partial charge in [0, 0.05) is 18.1 Å². The van der Waals surface area contributed by atoms with Crippen LogP contribution in [0.1, 0.15) is 65.7 Å². The highest BCUT2D eigenvalue weighted by Crippen LogP contribution is 2.31. The van der Waals surface area contributed by atoms with E-state index in [1.165, 1.54) is 64.6 Å². The lowest BCUT2D eigenvalue weighted by Crippen LogP contribution is -2.54. The quantitative estimate of drug-likeness (QED) is 0.828. The van der Waals surface area contributed by atoms with Crippen molar-refractivity contribution >= 4 is 0 Å².